The van der Waals surface area contributed by atoms with Crippen LogP contribution in [-0.2, 0) is 34.8 Å². The standard InChI is InChI=1S/C6H9O3PS2/c1-5(2)6(7)9-3-4-10(8)12-11/h1,3-4H2,2H3. The maximum Gasteiger partial charge on any atom is 0.333 e. The summed E-state index contributed by atoms with van der Waals surface area (Å²) in [5.41, 5.74) is 0.344. The topological polar surface area (TPSA) is 43.4 Å². The van der Waals surface area contributed by atoms with E-state index in [1.807, 2.05) is 0 Å². The zero-order chi connectivity index (χ0) is 9.56. The lowest BCUT2D eigenvalue weighted by molar-refractivity contribution is -0.138. The summed E-state index contributed by atoms with van der Waals surface area (Å²) in [6.45, 7) is 3.65. The van der Waals surface area contributed by atoms with Gasteiger partial charge >= 0.3 is 5.97 Å². The summed E-state index contributed by atoms with van der Waals surface area (Å²) in [5.74, 6) is -0.451. The van der Waals surface area contributed by atoms with Crippen LogP contribution in [0.1, 0.15) is 6.92 Å². The van der Waals surface area contributed by atoms with E-state index in [2.05, 4.69) is 17.8 Å². The summed E-state index contributed by atoms with van der Waals surface area (Å²) < 4.78 is 15.5. The van der Waals surface area contributed by atoms with Gasteiger partial charge in [0.2, 0.25) is 0 Å². The quantitative estimate of drug-likeness (QED) is 0.411. The molecule has 6 heteroatoms. The maximum absolute atomic E-state index is 10.8. The molecule has 0 N–H and O–H groups in total. The van der Waals surface area contributed by atoms with Gasteiger partial charge in [0.05, 0.1) is 6.16 Å². The molecule has 0 aliphatic rings. The molecule has 0 amide bonds. The molecule has 68 valence electrons. The van der Waals surface area contributed by atoms with Crippen molar-refractivity contribution in [3.63, 3.8) is 0 Å². The average Bonchev–Trinajstić information content (AvgIpc) is 2.03. The molecule has 0 saturated carbocycles. The first kappa shape index (κ1) is 11.8. The number of carbonyl (C=O) groups excluding carboxylic acids is 1. The number of carbonyl (C=O) groups is 1. The summed E-state index contributed by atoms with van der Waals surface area (Å²) in [6, 6.07) is 0. The molecule has 0 aromatic heterocycles. The fraction of sp³-hybridized carbons (Fsp3) is 0.500. The number of rotatable bonds is 4. The van der Waals surface area contributed by atoms with Gasteiger partial charge in [-0.15, -0.1) is 0 Å². The summed E-state index contributed by atoms with van der Waals surface area (Å²) in [7, 11) is 0.864. The van der Waals surface area contributed by atoms with Gasteiger partial charge in [-0.05, 0) is 27.6 Å². The molecule has 1 atom stereocenters. The summed E-state index contributed by atoms with van der Waals surface area (Å²) in [5, 5.41) is 0. The number of esters is 1. The first-order valence-corrected chi connectivity index (χ1v) is 6.94. The van der Waals surface area contributed by atoms with E-state index in [9.17, 15) is 9.36 Å². The molecule has 0 radical (unpaired) electrons. The smallest absolute Gasteiger partial charge is 0.333 e. The minimum Gasteiger partial charge on any atom is -0.462 e. The molecule has 12 heavy (non-hydrogen) atoms. The van der Waals surface area contributed by atoms with Gasteiger partial charge in [0.15, 0.2) is 6.58 Å². The Morgan fingerprint density at radius 1 is 1.75 bits per heavy atom. The van der Waals surface area contributed by atoms with Crippen molar-refractivity contribution in [1.29, 1.82) is 0 Å². The largest absolute Gasteiger partial charge is 0.462 e. The molecule has 0 aliphatic carbocycles. The lowest BCUT2D eigenvalue weighted by Crippen LogP contribution is -2.06. The van der Waals surface area contributed by atoms with Gasteiger partial charge in [-0.1, -0.05) is 6.58 Å². The Morgan fingerprint density at radius 2 is 2.33 bits per heavy atom. The van der Waals surface area contributed by atoms with Crippen molar-refractivity contribution in [2.45, 2.75) is 6.92 Å². The van der Waals surface area contributed by atoms with Crippen LogP contribution in [0.15, 0.2) is 12.2 Å². The SMILES string of the molecule is C=C(C)C(=O)OCCP(=O)=S=S. The molecular formula is C6H9O3PS2. The molecule has 0 rings (SSSR count). The molecular weight excluding hydrogens is 215 g/mol. The molecule has 0 bridgehead atoms. The van der Waals surface area contributed by atoms with Crippen LogP contribution < -0.4 is 0 Å². The Labute approximate surface area is 79.5 Å². The van der Waals surface area contributed by atoms with E-state index in [0.717, 1.165) is 9.50 Å². The van der Waals surface area contributed by atoms with E-state index in [1.165, 1.54) is 0 Å². The number of hydrogen-bond donors (Lipinski definition) is 0. The van der Waals surface area contributed by atoms with Crippen LogP contribution in [0.3, 0.4) is 0 Å². The average molecular weight is 224 g/mol. The van der Waals surface area contributed by atoms with Gasteiger partial charge < -0.3 is 4.74 Å². The van der Waals surface area contributed by atoms with Gasteiger partial charge in [0.1, 0.15) is 6.61 Å². The second-order valence-corrected chi connectivity index (χ2v) is 6.32. The minimum absolute atomic E-state index is 0.143. The first-order chi connectivity index (χ1) is 5.57. The first-order valence-electron chi connectivity index (χ1n) is 3.15. The number of ether oxygens (including phenoxy) is 1. The summed E-state index contributed by atoms with van der Waals surface area (Å²) in [6.07, 6.45) is 0.308. The highest BCUT2D eigenvalue weighted by Crippen LogP contribution is 2.03. The molecule has 1 unspecified atom stereocenters. The molecule has 0 fully saturated rings. The van der Waals surface area contributed by atoms with Gasteiger partial charge in [-0.25, -0.2) is 4.79 Å². The highest BCUT2D eigenvalue weighted by atomic mass is 32.9. The summed E-state index contributed by atoms with van der Waals surface area (Å²) in [4.78, 5) is 10.8. The van der Waals surface area contributed by atoms with Crippen LogP contribution in [0.25, 0.3) is 0 Å². The van der Waals surface area contributed by atoms with Crippen molar-refractivity contribution in [3.8, 4) is 0 Å². The van der Waals surface area contributed by atoms with Crippen molar-refractivity contribution in [1.82, 2.24) is 0 Å². The predicted molar refractivity (Wildman–Crippen MR) is 53.0 cm³/mol. The van der Waals surface area contributed by atoms with Crippen molar-refractivity contribution in [2.75, 3.05) is 12.8 Å². The van der Waals surface area contributed by atoms with Crippen LogP contribution >= 0.6 is 6.58 Å². The Hall–Kier alpha value is -0.250. The Bertz CT molecular complexity index is 287. The van der Waals surface area contributed by atoms with Crippen LogP contribution in [0.5, 0.6) is 0 Å². The van der Waals surface area contributed by atoms with E-state index in [0.29, 0.717) is 11.7 Å². The van der Waals surface area contributed by atoms with Crippen LogP contribution in [0, 0.1) is 0 Å². The van der Waals surface area contributed by atoms with E-state index in [4.69, 9.17) is 4.74 Å². The van der Waals surface area contributed by atoms with Crippen molar-refractivity contribution in [2.24, 2.45) is 0 Å². The maximum atomic E-state index is 10.8. The fourth-order valence-electron chi connectivity index (χ4n) is 0.373. The highest BCUT2D eigenvalue weighted by molar-refractivity contribution is 8.32. The van der Waals surface area contributed by atoms with Gasteiger partial charge in [-0.3, -0.25) is 4.57 Å². The van der Waals surface area contributed by atoms with Crippen LogP contribution in [0.4, 0.5) is 0 Å². The number of hydrogen-bond acceptors (Lipinski definition) is 4. The molecule has 0 aliphatic heterocycles. The Kier molecular flexibility index (Phi) is 6.16. The second kappa shape index (κ2) is 6.29. The minimum atomic E-state index is -1.45. The Balaban J connectivity index is 3.72. The van der Waals surface area contributed by atoms with E-state index in [-0.39, 0.29) is 6.61 Å². The van der Waals surface area contributed by atoms with Crippen LogP contribution in [0.2, 0.25) is 0 Å². The van der Waals surface area contributed by atoms with Crippen LogP contribution in [-0.4, -0.2) is 18.7 Å². The van der Waals surface area contributed by atoms with E-state index in [1.54, 1.807) is 6.92 Å². The molecule has 3 nitrogen and oxygen atoms in total. The molecule has 0 saturated heterocycles. The third-order valence-corrected chi connectivity index (χ3v) is 4.20. The second-order valence-electron chi connectivity index (χ2n) is 2.05. The third kappa shape index (κ3) is 5.41. The molecule has 0 heterocycles. The zero-order valence-corrected chi connectivity index (χ0v) is 9.14. The molecule has 0 spiro atoms. The fourth-order valence-corrected chi connectivity index (χ4v) is 1.81. The van der Waals surface area contributed by atoms with Crippen molar-refractivity contribution >= 4 is 33.2 Å². The van der Waals surface area contributed by atoms with E-state index >= 15 is 0 Å². The lowest BCUT2D eigenvalue weighted by Gasteiger charge is -1.99. The lowest BCUT2D eigenvalue weighted by atomic mass is 10.4. The van der Waals surface area contributed by atoms with Crippen molar-refractivity contribution in [3.05, 3.63) is 12.2 Å². The monoisotopic (exact) mass is 224 g/mol. The van der Waals surface area contributed by atoms with E-state index < -0.39 is 12.5 Å². The predicted octanol–water partition coefficient (Wildman–Crippen LogP) is 1.39. The van der Waals surface area contributed by atoms with Gasteiger partial charge in [0, 0.05) is 5.57 Å². The molecule has 0 aromatic rings. The summed E-state index contributed by atoms with van der Waals surface area (Å²) >= 11 is 4.48. The van der Waals surface area contributed by atoms with Gasteiger partial charge in [-0.2, -0.15) is 0 Å². The van der Waals surface area contributed by atoms with Gasteiger partial charge in [0.25, 0.3) is 0 Å². The zero-order valence-electron chi connectivity index (χ0n) is 6.61. The van der Waals surface area contributed by atoms with Crippen molar-refractivity contribution < 1.29 is 14.1 Å². The highest BCUT2D eigenvalue weighted by Gasteiger charge is 2.01. The molecule has 0 aromatic carbocycles. The normalized spacial score (nSPS) is 10.2. The third-order valence-electron chi connectivity index (χ3n) is 0.939. The Morgan fingerprint density at radius 3 is 2.75 bits per heavy atom.